The zero-order valence-electron chi connectivity index (χ0n) is 13.4. The summed E-state index contributed by atoms with van der Waals surface area (Å²) in [6, 6.07) is 0. The highest BCUT2D eigenvalue weighted by Crippen LogP contribution is 2.29. The maximum Gasteiger partial charge on any atom is 0.322 e. The predicted molar refractivity (Wildman–Crippen MR) is 81.9 cm³/mol. The van der Waals surface area contributed by atoms with Crippen LogP contribution in [0.2, 0.25) is 0 Å². The normalized spacial score (nSPS) is 12.8. The van der Waals surface area contributed by atoms with E-state index in [-0.39, 0.29) is 19.8 Å². The van der Waals surface area contributed by atoms with Crippen molar-refractivity contribution in [1.82, 2.24) is 14.9 Å². The SMILES string of the molecule is C[n+]1c[nH]c(Cn2c3c(c(O)c(C(=O)NCC(=O)O)c2=O)COC3)c1. The Kier molecular flexibility index (Phi) is 4.28. The first kappa shape index (κ1) is 16.7. The van der Waals surface area contributed by atoms with E-state index in [9.17, 15) is 19.5 Å². The number of amides is 1. The third-order valence-corrected chi connectivity index (χ3v) is 3.91. The number of aromatic nitrogens is 3. The van der Waals surface area contributed by atoms with Crippen LogP contribution in [0, 0.1) is 0 Å². The van der Waals surface area contributed by atoms with Crippen LogP contribution in [-0.2, 0) is 36.3 Å². The van der Waals surface area contributed by atoms with Gasteiger partial charge in [0.05, 0.1) is 32.5 Å². The molecule has 25 heavy (non-hydrogen) atoms. The van der Waals surface area contributed by atoms with Gasteiger partial charge in [-0.3, -0.25) is 14.4 Å². The molecule has 1 aliphatic heterocycles. The van der Waals surface area contributed by atoms with Crippen LogP contribution >= 0.6 is 0 Å². The number of nitrogens with zero attached hydrogens (tertiary/aromatic N) is 2. The average molecular weight is 349 g/mol. The summed E-state index contributed by atoms with van der Waals surface area (Å²) in [6.07, 6.45) is 3.49. The lowest BCUT2D eigenvalue weighted by Crippen LogP contribution is -2.37. The fourth-order valence-electron chi connectivity index (χ4n) is 2.75. The van der Waals surface area contributed by atoms with Crippen LogP contribution in [-0.4, -0.2) is 38.2 Å². The van der Waals surface area contributed by atoms with Gasteiger partial charge in [0.25, 0.3) is 11.5 Å². The van der Waals surface area contributed by atoms with Crippen molar-refractivity contribution in [1.29, 1.82) is 0 Å². The minimum Gasteiger partial charge on any atom is -0.506 e. The Balaban J connectivity index is 2.07. The summed E-state index contributed by atoms with van der Waals surface area (Å²) >= 11 is 0. The molecule has 0 bridgehead atoms. The van der Waals surface area contributed by atoms with Gasteiger partial charge in [0.2, 0.25) is 6.33 Å². The van der Waals surface area contributed by atoms with Crippen LogP contribution in [0.4, 0.5) is 0 Å². The zero-order valence-corrected chi connectivity index (χ0v) is 13.4. The number of aromatic hydroxyl groups is 1. The van der Waals surface area contributed by atoms with E-state index >= 15 is 0 Å². The van der Waals surface area contributed by atoms with Gasteiger partial charge in [0, 0.05) is 5.56 Å². The van der Waals surface area contributed by atoms with Crippen LogP contribution in [0.1, 0.15) is 27.3 Å². The maximum atomic E-state index is 12.8. The minimum atomic E-state index is -1.25. The van der Waals surface area contributed by atoms with Crippen LogP contribution in [0.5, 0.6) is 5.75 Å². The highest BCUT2D eigenvalue weighted by molar-refractivity contribution is 5.98. The molecule has 0 saturated heterocycles. The second kappa shape index (κ2) is 6.40. The summed E-state index contributed by atoms with van der Waals surface area (Å²) in [4.78, 5) is 38.6. The molecule has 3 heterocycles. The van der Waals surface area contributed by atoms with Gasteiger partial charge in [0.15, 0.2) is 5.69 Å². The Bertz CT molecular complexity index is 913. The quantitative estimate of drug-likeness (QED) is 0.490. The number of carboxylic acid groups (broad SMARTS) is 1. The molecular formula is C15H17N4O6+. The smallest absolute Gasteiger partial charge is 0.322 e. The fraction of sp³-hybridized carbons (Fsp3) is 0.333. The largest absolute Gasteiger partial charge is 0.506 e. The number of fused-ring (bicyclic) bond motifs is 1. The number of aliphatic carboxylic acids is 1. The monoisotopic (exact) mass is 349 g/mol. The Morgan fingerprint density at radius 2 is 2.20 bits per heavy atom. The van der Waals surface area contributed by atoms with Crippen molar-refractivity contribution < 1.29 is 29.1 Å². The molecule has 10 nitrogen and oxygen atoms in total. The van der Waals surface area contributed by atoms with Crippen LogP contribution < -0.4 is 15.4 Å². The molecule has 0 radical (unpaired) electrons. The van der Waals surface area contributed by atoms with Crippen molar-refractivity contribution in [3.05, 3.63) is 45.4 Å². The molecule has 0 atom stereocenters. The Hall–Kier alpha value is -3.14. The van der Waals surface area contributed by atoms with Crippen molar-refractivity contribution in [2.24, 2.45) is 7.05 Å². The van der Waals surface area contributed by atoms with E-state index in [1.807, 2.05) is 7.05 Å². The van der Waals surface area contributed by atoms with Crippen molar-refractivity contribution in [3.8, 4) is 5.75 Å². The van der Waals surface area contributed by atoms with Crippen molar-refractivity contribution in [2.45, 2.75) is 19.8 Å². The molecule has 4 N–H and O–H groups in total. The van der Waals surface area contributed by atoms with Gasteiger partial charge in [-0.2, -0.15) is 0 Å². The first-order chi connectivity index (χ1) is 11.9. The van der Waals surface area contributed by atoms with Gasteiger partial charge in [-0.1, -0.05) is 0 Å². The van der Waals surface area contributed by atoms with Gasteiger partial charge in [0.1, 0.15) is 24.1 Å². The van der Waals surface area contributed by atoms with E-state index < -0.39 is 35.3 Å². The first-order valence-electron chi connectivity index (χ1n) is 7.46. The number of aryl methyl sites for hydroxylation is 1. The highest BCUT2D eigenvalue weighted by atomic mass is 16.5. The zero-order chi connectivity index (χ0) is 18.1. The molecule has 0 saturated carbocycles. The Morgan fingerprint density at radius 3 is 2.84 bits per heavy atom. The van der Waals surface area contributed by atoms with Gasteiger partial charge in [-0.15, -0.1) is 0 Å². The Morgan fingerprint density at radius 1 is 1.44 bits per heavy atom. The highest BCUT2D eigenvalue weighted by Gasteiger charge is 2.29. The molecule has 0 aromatic carbocycles. The van der Waals surface area contributed by atoms with Crippen LogP contribution in [0.25, 0.3) is 0 Å². The molecule has 0 unspecified atom stereocenters. The van der Waals surface area contributed by atoms with E-state index in [0.717, 1.165) is 5.69 Å². The second-order valence-corrected chi connectivity index (χ2v) is 5.70. The van der Waals surface area contributed by atoms with Gasteiger partial charge in [-0.05, 0) is 0 Å². The first-order valence-corrected chi connectivity index (χ1v) is 7.46. The molecule has 0 spiro atoms. The number of aromatic amines is 1. The van der Waals surface area contributed by atoms with Gasteiger partial charge >= 0.3 is 5.97 Å². The topological polar surface area (TPSA) is 138 Å². The summed E-state index contributed by atoms with van der Waals surface area (Å²) in [7, 11) is 1.82. The summed E-state index contributed by atoms with van der Waals surface area (Å²) in [5.74, 6) is -2.66. The molecule has 0 aliphatic carbocycles. The fourth-order valence-corrected chi connectivity index (χ4v) is 2.75. The molecule has 3 rings (SSSR count). The lowest BCUT2D eigenvalue weighted by molar-refractivity contribution is -0.670. The minimum absolute atomic E-state index is 0.0686. The number of imidazole rings is 1. The lowest BCUT2D eigenvalue weighted by atomic mass is 10.1. The third kappa shape index (κ3) is 3.11. The number of carbonyl (C=O) groups is 2. The van der Waals surface area contributed by atoms with Crippen molar-refractivity contribution in [3.63, 3.8) is 0 Å². The van der Waals surface area contributed by atoms with Crippen molar-refractivity contribution in [2.75, 3.05) is 6.54 Å². The summed E-state index contributed by atoms with van der Waals surface area (Å²) in [6.45, 7) is -0.288. The number of nitrogens with one attached hydrogen (secondary N) is 2. The predicted octanol–water partition coefficient (Wildman–Crippen LogP) is -1.40. The maximum absolute atomic E-state index is 12.8. The number of carboxylic acids is 1. The number of carbonyl (C=O) groups excluding carboxylic acids is 1. The molecule has 1 aliphatic rings. The summed E-state index contributed by atoms with van der Waals surface area (Å²) < 4.78 is 8.43. The average Bonchev–Trinajstić information content (AvgIpc) is 3.18. The molecule has 132 valence electrons. The lowest BCUT2D eigenvalue weighted by Gasteiger charge is -2.14. The number of hydrogen-bond donors (Lipinski definition) is 4. The van der Waals surface area contributed by atoms with E-state index in [4.69, 9.17) is 9.84 Å². The summed E-state index contributed by atoms with van der Waals surface area (Å²) in [5, 5.41) is 21.1. The standard InChI is InChI=1S/C15H16N4O6/c1-18-3-8(17-7-18)4-19-10-6-25-5-9(10)13(22)12(15(19)24)14(23)16-2-11(20)21/h3,7H,2,4-6H2,1H3,(H3,16,20,21,22,23,24)/p+1. The number of rotatable bonds is 5. The van der Waals surface area contributed by atoms with Crippen LogP contribution in [0.15, 0.2) is 17.3 Å². The summed E-state index contributed by atoms with van der Waals surface area (Å²) in [5.41, 5.74) is 0.384. The van der Waals surface area contributed by atoms with E-state index in [2.05, 4.69) is 10.3 Å². The van der Waals surface area contributed by atoms with Gasteiger partial charge < -0.3 is 24.8 Å². The number of hydrogen-bond acceptors (Lipinski definition) is 5. The molecule has 1 amide bonds. The van der Waals surface area contributed by atoms with E-state index in [1.165, 1.54) is 4.57 Å². The van der Waals surface area contributed by atoms with E-state index in [1.54, 1.807) is 17.1 Å². The Labute approximate surface area is 141 Å². The van der Waals surface area contributed by atoms with E-state index in [0.29, 0.717) is 11.3 Å². The molecule has 10 heteroatoms. The molecule has 0 fully saturated rings. The van der Waals surface area contributed by atoms with Crippen LogP contribution in [0.3, 0.4) is 0 Å². The molecule has 2 aromatic heterocycles. The molecule has 2 aromatic rings. The number of H-pyrrole nitrogens is 1. The molecular weight excluding hydrogens is 332 g/mol. The third-order valence-electron chi connectivity index (χ3n) is 3.91. The van der Waals surface area contributed by atoms with Crippen molar-refractivity contribution >= 4 is 11.9 Å². The van der Waals surface area contributed by atoms with Gasteiger partial charge in [-0.25, -0.2) is 9.55 Å². The second-order valence-electron chi connectivity index (χ2n) is 5.70. The number of pyridine rings is 1. The number of ether oxygens (including phenoxy) is 1.